The summed E-state index contributed by atoms with van der Waals surface area (Å²) in [4.78, 5) is 10.9. The van der Waals surface area contributed by atoms with E-state index in [0.29, 0.717) is 0 Å². The Labute approximate surface area is 125 Å². The SMILES string of the molecule is CCCCCCCCCCCCNC(CCC)C(=O)O. The van der Waals surface area contributed by atoms with Crippen molar-refractivity contribution in [1.29, 1.82) is 0 Å². The summed E-state index contributed by atoms with van der Waals surface area (Å²) in [5, 5.41) is 12.1. The monoisotopic (exact) mass is 285 g/mol. The minimum atomic E-state index is -0.709. The Balaban J connectivity index is 3.25. The van der Waals surface area contributed by atoms with Crippen molar-refractivity contribution in [3.8, 4) is 0 Å². The number of rotatable bonds is 15. The lowest BCUT2D eigenvalue weighted by molar-refractivity contribution is -0.139. The second kappa shape index (κ2) is 14.8. The van der Waals surface area contributed by atoms with Crippen LogP contribution in [0, 0.1) is 0 Å². The largest absolute Gasteiger partial charge is 0.480 e. The van der Waals surface area contributed by atoms with Crippen LogP contribution in [0.15, 0.2) is 0 Å². The van der Waals surface area contributed by atoms with Crippen LogP contribution in [0.3, 0.4) is 0 Å². The van der Waals surface area contributed by atoms with Crippen molar-refractivity contribution in [2.75, 3.05) is 6.54 Å². The van der Waals surface area contributed by atoms with E-state index in [4.69, 9.17) is 5.11 Å². The molecule has 0 aliphatic heterocycles. The molecule has 0 spiro atoms. The number of carbonyl (C=O) groups is 1. The van der Waals surface area contributed by atoms with Gasteiger partial charge in [0.1, 0.15) is 6.04 Å². The van der Waals surface area contributed by atoms with E-state index in [1.807, 2.05) is 6.92 Å². The molecule has 0 aromatic carbocycles. The van der Waals surface area contributed by atoms with Gasteiger partial charge < -0.3 is 10.4 Å². The summed E-state index contributed by atoms with van der Waals surface area (Å²) >= 11 is 0. The Bertz CT molecular complexity index is 219. The zero-order valence-electron chi connectivity index (χ0n) is 13.6. The summed E-state index contributed by atoms with van der Waals surface area (Å²) < 4.78 is 0. The first-order valence-electron chi connectivity index (χ1n) is 8.68. The van der Waals surface area contributed by atoms with Gasteiger partial charge in [0.05, 0.1) is 0 Å². The summed E-state index contributed by atoms with van der Waals surface area (Å²) in [6, 6.07) is -0.349. The molecule has 2 N–H and O–H groups in total. The normalized spacial score (nSPS) is 12.5. The third-order valence-corrected chi connectivity index (χ3v) is 3.80. The molecule has 20 heavy (non-hydrogen) atoms. The highest BCUT2D eigenvalue weighted by Crippen LogP contribution is 2.10. The summed E-state index contributed by atoms with van der Waals surface area (Å²) in [7, 11) is 0. The molecule has 0 amide bonds. The Kier molecular flexibility index (Phi) is 14.4. The number of hydrogen-bond donors (Lipinski definition) is 2. The standard InChI is InChI=1S/C17H35NO2/c1-3-5-6-7-8-9-10-11-12-13-15-18-16(14-4-2)17(19)20/h16,18H,3-15H2,1-2H3,(H,19,20). The lowest BCUT2D eigenvalue weighted by Crippen LogP contribution is -2.37. The van der Waals surface area contributed by atoms with E-state index in [-0.39, 0.29) is 6.04 Å². The van der Waals surface area contributed by atoms with Crippen molar-refractivity contribution >= 4 is 5.97 Å². The minimum absolute atomic E-state index is 0.349. The molecule has 3 nitrogen and oxygen atoms in total. The maximum atomic E-state index is 10.9. The van der Waals surface area contributed by atoms with Gasteiger partial charge in [0.25, 0.3) is 0 Å². The van der Waals surface area contributed by atoms with Gasteiger partial charge in [-0.3, -0.25) is 4.79 Å². The van der Waals surface area contributed by atoms with Crippen LogP contribution in [0.25, 0.3) is 0 Å². The van der Waals surface area contributed by atoms with E-state index in [0.717, 1.165) is 25.8 Å². The van der Waals surface area contributed by atoms with Crippen LogP contribution >= 0.6 is 0 Å². The van der Waals surface area contributed by atoms with Gasteiger partial charge in [-0.2, -0.15) is 0 Å². The van der Waals surface area contributed by atoms with Crippen LogP contribution in [0.5, 0.6) is 0 Å². The number of unbranched alkanes of at least 4 members (excludes halogenated alkanes) is 9. The van der Waals surface area contributed by atoms with E-state index in [1.54, 1.807) is 0 Å². The fraction of sp³-hybridized carbons (Fsp3) is 0.941. The van der Waals surface area contributed by atoms with E-state index >= 15 is 0 Å². The van der Waals surface area contributed by atoms with Crippen molar-refractivity contribution in [3.05, 3.63) is 0 Å². The smallest absolute Gasteiger partial charge is 0.320 e. The summed E-state index contributed by atoms with van der Waals surface area (Å²) in [5.41, 5.74) is 0. The first kappa shape index (κ1) is 19.4. The van der Waals surface area contributed by atoms with Gasteiger partial charge in [0.15, 0.2) is 0 Å². The first-order valence-corrected chi connectivity index (χ1v) is 8.68. The third kappa shape index (κ3) is 12.5. The zero-order chi connectivity index (χ0) is 15.1. The average molecular weight is 285 g/mol. The molecule has 0 aromatic heterocycles. The van der Waals surface area contributed by atoms with Gasteiger partial charge in [-0.1, -0.05) is 78.1 Å². The van der Waals surface area contributed by atoms with Crippen LogP contribution in [0.2, 0.25) is 0 Å². The topological polar surface area (TPSA) is 49.3 Å². The highest BCUT2D eigenvalue weighted by Gasteiger charge is 2.14. The molecule has 3 heteroatoms. The molecular formula is C17H35NO2. The first-order chi connectivity index (χ1) is 9.72. The van der Waals surface area contributed by atoms with Crippen molar-refractivity contribution in [1.82, 2.24) is 5.32 Å². The van der Waals surface area contributed by atoms with Crippen molar-refractivity contribution in [2.45, 2.75) is 96.9 Å². The molecule has 0 aliphatic carbocycles. The van der Waals surface area contributed by atoms with E-state index < -0.39 is 5.97 Å². The average Bonchev–Trinajstić information content (AvgIpc) is 2.43. The second-order valence-electron chi connectivity index (χ2n) is 5.82. The predicted molar refractivity (Wildman–Crippen MR) is 86.2 cm³/mol. The van der Waals surface area contributed by atoms with Crippen LogP contribution < -0.4 is 5.32 Å². The molecule has 0 saturated carbocycles. The van der Waals surface area contributed by atoms with Crippen molar-refractivity contribution in [2.24, 2.45) is 0 Å². The number of carboxylic acids is 1. The van der Waals surface area contributed by atoms with E-state index in [1.165, 1.54) is 57.8 Å². The molecule has 0 fully saturated rings. The summed E-state index contributed by atoms with van der Waals surface area (Å²) in [6.45, 7) is 5.12. The third-order valence-electron chi connectivity index (χ3n) is 3.80. The molecule has 0 aromatic rings. The zero-order valence-corrected chi connectivity index (χ0v) is 13.6. The highest BCUT2D eigenvalue weighted by atomic mass is 16.4. The maximum absolute atomic E-state index is 10.9. The van der Waals surface area contributed by atoms with Crippen molar-refractivity contribution in [3.63, 3.8) is 0 Å². The minimum Gasteiger partial charge on any atom is -0.480 e. The lowest BCUT2D eigenvalue weighted by Gasteiger charge is -2.13. The quantitative estimate of drug-likeness (QED) is 0.427. The fourth-order valence-corrected chi connectivity index (χ4v) is 2.49. The van der Waals surface area contributed by atoms with Gasteiger partial charge in [-0.05, 0) is 19.4 Å². The maximum Gasteiger partial charge on any atom is 0.320 e. The van der Waals surface area contributed by atoms with Crippen LogP contribution in [0.1, 0.15) is 90.9 Å². The fourth-order valence-electron chi connectivity index (χ4n) is 2.49. The van der Waals surface area contributed by atoms with Gasteiger partial charge in [-0.25, -0.2) is 0 Å². The Morgan fingerprint density at radius 3 is 1.80 bits per heavy atom. The summed E-state index contributed by atoms with van der Waals surface area (Å²) in [5.74, 6) is -0.709. The van der Waals surface area contributed by atoms with Crippen LogP contribution in [0.4, 0.5) is 0 Å². The summed E-state index contributed by atoms with van der Waals surface area (Å²) in [6.07, 6.45) is 14.8. The number of hydrogen-bond acceptors (Lipinski definition) is 2. The molecule has 0 radical (unpaired) electrons. The number of carboxylic acid groups (broad SMARTS) is 1. The molecule has 0 rings (SSSR count). The molecule has 0 saturated heterocycles. The van der Waals surface area contributed by atoms with Crippen LogP contribution in [-0.2, 0) is 4.79 Å². The number of nitrogens with one attached hydrogen (secondary N) is 1. The van der Waals surface area contributed by atoms with Gasteiger partial charge in [-0.15, -0.1) is 0 Å². The molecule has 1 unspecified atom stereocenters. The van der Waals surface area contributed by atoms with Gasteiger partial charge in [0, 0.05) is 0 Å². The van der Waals surface area contributed by atoms with Gasteiger partial charge >= 0.3 is 5.97 Å². The molecule has 120 valence electrons. The number of aliphatic carboxylic acids is 1. The van der Waals surface area contributed by atoms with E-state index in [2.05, 4.69) is 12.2 Å². The van der Waals surface area contributed by atoms with E-state index in [9.17, 15) is 4.79 Å². The molecule has 1 atom stereocenters. The highest BCUT2D eigenvalue weighted by molar-refractivity contribution is 5.73. The second-order valence-corrected chi connectivity index (χ2v) is 5.82. The lowest BCUT2D eigenvalue weighted by atomic mass is 10.1. The molecule has 0 bridgehead atoms. The van der Waals surface area contributed by atoms with Crippen molar-refractivity contribution < 1.29 is 9.90 Å². The molecular weight excluding hydrogens is 250 g/mol. The van der Waals surface area contributed by atoms with Crippen LogP contribution in [-0.4, -0.2) is 23.7 Å². The molecule has 0 heterocycles. The Morgan fingerprint density at radius 2 is 1.35 bits per heavy atom. The Morgan fingerprint density at radius 1 is 0.850 bits per heavy atom. The predicted octanol–water partition coefficient (Wildman–Crippen LogP) is 4.75. The Hall–Kier alpha value is -0.570. The van der Waals surface area contributed by atoms with Gasteiger partial charge in [0.2, 0.25) is 0 Å². The molecule has 0 aliphatic rings.